The first-order valence-electron chi connectivity index (χ1n) is 4.22. The molecule has 0 radical (unpaired) electrons. The van der Waals surface area contributed by atoms with Crippen LogP contribution in [0.15, 0.2) is 12.1 Å². The lowest BCUT2D eigenvalue weighted by Gasteiger charge is -2.05. The molecule has 1 aromatic rings. The third kappa shape index (κ3) is 2.02. The van der Waals surface area contributed by atoms with Gasteiger partial charge in [0.15, 0.2) is 6.29 Å². The summed E-state index contributed by atoms with van der Waals surface area (Å²) in [5.74, 6) is -0.673. The molecule has 0 amide bonds. The van der Waals surface area contributed by atoms with Crippen molar-refractivity contribution in [1.29, 1.82) is 5.26 Å². The van der Waals surface area contributed by atoms with Crippen LogP contribution in [0.1, 0.15) is 31.8 Å². The van der Waals surface area contributed by atoms with Crippen LogP contribution in [-0.4, -0.2) is 19.4 Å². The molecule has 0 fully saturated rings. The van der Waals surface area contributed by atoms with E-state index in [1.807, 2.05) is 6.07 Å². The lowest BCUT2D eigenvalue weighted by Crippen LogP contribution is -2.08. The van der Waals surface area contributed by atoms with Gasteiger partial charge in [0, 0.05) is 5.56 Å². The molecule has 0 bridgehead atoms. The van der Waals surface area contributed by atoms with Crippen molar-refractivity contribution in [2.24, 2.45) is 0 Å². The number of rotatable bonds is 2. The van der Waals surface area contributed by atoms with Crippen LogP contribution >= 0.6 is 0 Å². The molecule has 4 heteroatoms. The van der Waals surface area contributed by atoms with Gasteiger partial charge < -0.3 is 4.74 Å². The molecule has 4 nitrogen and oxygen atoms in total. The van der Waals surface area contributed by atoms with Gasteiger partial charge in [0.05, 0.1) is 18.2 Å². The Kier molecular flexibility index (Phi) is 3.19. The number of nitrogens with zero attached hydrogens (tertiary/aromatic N) is 1. The molecule has 0 saturated carbocycles. The van der Waals surface area contributed by atoms with Crippen molar-refractivity contribution >= 4 is 12.3 Å². The Morgan fingerprint density at radius 3 is 2.67 bits per heavy atom. The SMILES string of the molecule is COC(=O)c1c(C#N)cc(C)cc1C=O. The average molecular weight is 203 g/mol. The van der Waals surface area contributed by atoms with Crippen LogP contribution in [0.5, 0.6) is 0 Å². The van der Waals surface area contributed by atoms with Gasteiger partial charge in [-0.3, -0.25) is 4.79 Å². The van der Waals surface area contributed by atoms with E-state index in [1.54, 1.807) is 19.1 Å². The summed E-state index contributed by atoms with van der Waals surface area (Å²) in [6, 6.07) is 4.95. The number of benzene rings is 1. The summed E-state index contributed by atoms with van der Waals surface area (Å²) < 4.78 is 4.51. The standard InChI is InChI=1S/C11H9NO3/c1-7-3-8(5-12)10(11(14)15-2)9(4-7)6-13/h3-4,6H,1-2H3. The molecule has 0 heterocycles. The predicted octanol–water partition coefficient (Wildman–Crippen LogP) is 1.47. The molecule has 0 saturated heterocycles. The zero-order chi connectivity index (χ0) is 11.4. The maximum atomic E-state index is 11.4. The Bertz CT molecular complexity index is 458. The summed E-state index contributed by atoms with van der Waals surface area (Å²) in [6.45, 7) is 1.74. The van der Waals surface area contributed by atoms with Crippen molar-refractivity contribution in [2.45, 2.75) is 6.92 Å². The van der Waals surface area contributed by atoms with Gasteiger partial charge in [-0.1, -0.05) is 0 Å². The van der Waals surface area contributed by atoms with Gasteiger partial charge >= 0.3 is 5.97 Å². The number of carbonyl (C=O) groups excluding carboxylic acids is 2. The largest absolute Gasteiger partial charge is 0.465 e. The fourth-order valence-electron chi connectivity index (χ4n) is 1.33. The number of esters is 1. The number of aldehydes is 1. The minimum atomic E-state index is -0.673. The van der Waals surface area contributed by atoms with E-state index in [9.17, 15) is 9.59 Å². The van der Waals surface area contributed by atoms with Crippen LogP contribution < -0.4 is 0 Å². The first kappa shape index (κ1) is 10.9. The van der Waals surface area contributed by atoms with Gasteiger partial charge in [0.2, 0.25) is 0 Å². The van der Waals surface area contributed by atoms with Gasteiger partial charge in [0.25, 0.3) is 0 Å². The number of nitriles is 1. The highest BCUT2D eigenvalue weighted by Gasteiger charge is 2.17. The van der Waals surface area contributed by atoms with Crippen molar-refractivity contribution in [3.8, 4) is 6.07 Å². The highest BCUT2D eigenvalue weighted by molar-refractivity contribution is 6.00. The van der Waals surface area contributed by atoms with Gasteiger partial charge in [-0.25, -0.2) is 4.79 Å². The van der Waals surface area contributed by atoms with Crippen LogP contribution in [0.25, 0.3) is 0 Å². The highest BCUT2D eigenvalue weighted by atomic mass is 16.5. The van der Waals surface area contributed by atoms with Gasteiger partial charge in [-0.05, 0) is 24.6 Å². The Morgan fingerprint density at radius 1 is 1.53 bits per heavy atom. The first-order chi connectivity index (χ1) is 7.13. The lowest BCUT2D eigenvalue weighted by atomic mass is 9.99. The van der Waals surface area contributed by atoms with Gasteiger partial charge in [0.1, 0.15) is 6.07 Å². The van der Waals surface area contributed by atoms with E-state index in [1.165, 1.54) is 7.11 Å². The van der Waals surface area contributed by atoms with Crippen molar-refractivity contribution in [3.05, 3.63) is 34.4 Å². The fraction of sp³-hybridized carbons (Fsp3) is 0.182. The highest BCUT2D eigenvalue weighted by Crippen LogP contribution is 2.16. The van der Waals surface area contributed by atoms with E-state index in [2.05, 4.69) is 4.74 Å². The summed E-state index contributed by atoms with van der Waals surface area (Å²) in [5, 5.41) is 8.83. The number of hydrogen-bond acceptors (Lipinski definition) is 4. The molecule has 0 aliphatic carbocycles. The van der Waals surface area contributed by atoms with Crippen LogP contribution in [-0.2, 0) is 4.74 Å². The van der Waals surface area contributed by atoms with Crippen LogP contribution in [0.3, 0.4) is 0 Å². The minimum Gasteiger partial charge on any atom is -0.465 e. The number of methoxy groups -OCH3 is 1. The van der Waals surface area contributed by atoms with E-state index in [0.29, 0.717) is 6.29 Å². The first-order valence-corrected chi connectivity index (χ1v) is 4.22. The number of aryl methyl sites for hydroxylation is 1. The molecule has 0 aromatic heterocycles. The van der Waals surface area contributed by atoms with E-state index in [-0.39, 0.29) is 16.7 Å². The van der Waals surface area contributed by atoms with Crippen LogP contribution in [0.2, 0.25) is 0 Å². The summed E-state index contributed by atoms with van der Waals surface area (Å²) in [4.78, 5) is 22.1. The zero-order valence-corrected chi connectivity index (χ0v) is 8.40. The van der Waals surface area contributed by atoms with Crippen LogP contribution in [0, 0.1) is 18.3 Å². The second kappa shape index (κ2) is 4.38. The molecular formula is C11H9NO3. The van der Waals surface area contributed by atoms with Crippen LogP contribution in [0.4, 0.5) is 0 Å². The van der Waals surface area contributed by atoms with Gasteiger partial charge in [-0.2, -0.15) is 5.26 Å². The summed E-state index contributed by atoms with van der Waals surface area (Å²) in [7, 11) is 1.21. The van der Waals surface area contributed by atoms with Crippen molar-refractivity contribution < 1.29 is 14.3 Å². The molecule has 0 spiro atoms. The average Bonchev–Trinajstić information content (AvgIpc) is 2.26. The zero-order valence-electron chi connectivity index (χ0n) is 8.40. The quantitative estimate of drug-likeness (QED) is 0.539. The molecule has 0 aliphatic heterocycles. The van der Waals surface area contributed by atoms with Crippen molar-refractivity contribution in [2.75, 3.05) is 7.11 Å². The maximum Gasteiger partial charge on any atom is 0.339 e. The third-order valence-electron chi connectivity index (χ3n) is 1.95. The molecule has 1 aromatic carbocycles. The Labute approximate surface area is 87.1 Å². The second-order valence-electron chi connectivity index (χ2n) is 3.00. The normalized spacial score (nSPS) is 9.13. The molecule has 0 unspecified atom stereocenters. The van der Waals surface area contributed by atoms with E-state index in [4.69, 9.17) is 5.26 Å². The fourth-order valence-corrected chi connectivity index (χ4v) is 1.33. The summed E-state index contributed by atoms with van der Waals surface area (Å²) in [6.07, 6.45) is 0.542. The topological polar surface area (TPSA) is 67.2 Å². The Morgan fingerprint density at radius 2 is 2.20 bits per heavy atom. The third-order valence-corrected chi connectivity index (χ3v) is 1.95. The molecule has 0 aliphatic rings. The lowest BCUT2D eigenvalue weighted by molar-refractivity contribution is 0.0598. The number of hydrogen-bond donors (Lipinski definition) is 0. The van der Waals surface area contributed by atoms with E-state index in [0.717, 1.165) is 5.56 Å². The Hall–Kier alpha value is -2.15. The summed E-state index contributed by atoms with van der Waals surface area (Å²) >= 11 is 0. The molecule has 0 atom stereocenters. The molecular weight excluding hydrogens is 194 g/mol. The molecule has 0 N–H and O–H groups in total. The second-order valence-corrected chi connectivity index (χ2v) is 3.00. The smallest absolute Gasteiger partial charge is 0.339 e. The number of carbonyl (C=O) groups is 2. The Balaban J connectivity index is 3.52. The van der Waals surface area contributed by atoms with E-state index >= 15 is 0 Å². The summed E-state index contributed by atoms with van der Waals surface area (Å²) in [5.41, 5.74) is 1.12. The molecule has 76 valence electrons. The monoisotopic (exact) mass is 203 g/mol. The number of ether oxygens (including phenoxy) is 1. The predicted molar refractivity (Wildman–Crippen MR) is 52.6 cm³/mol. The maximum absolute atomic E-state index is 11.4. The minimum absolute atomic E-state index is 0.0283. The van der Waals surface area contributed by atoms with Gasteiger partial charge in [-0.15, -0.1) is 0 Å². The molecule has 15 heavy (non-hydrogen) atoms. The van der Waals surface area contributed by atoms with E-state index < -0.39 is 5.97 Å². The van der Waals surface area contributed by atoms with Crippen molar-refractivity contribution in [3.63, 3.8) is 0 Å². The molecule has 1 rings (SSSR count). The van der Waals surface area contributed by atoms with Crippen molar-refractivity contribution in [1.82, 2.24) is 0 Å².